The normalized spacial score (nSPS) is 23.4. The lowest BCUT2D eigenvalue weighted by atomic mass is 10.0. The van der Waals surface area contributed by atoms with Crippen molar-refractivity contribution in [3.63, 3.8) is 0 Å². The van der Waals surface area contributed by atoms with E-state index in [0.29, 0.717) is 31.2 Å². The molecule has 2 aliphatic heterocycles. The number of piperidine rings is 1. The van der Waals surface area contributed by atoms with Crippen molar-refractivity contribution in [3.05, 3.63) is 23.8 Å². The number of primary amides is 1. The van der Waals surface area contributed by atoms with Crippen molar-refractivity contribution >= 4 is 35.1 Å². The monoisotopic (exact) mass is 384 g/mol. The summed E-state index contributed by atoms with van der Waals surface area (Å²) in [5.41, 5.74) is 5.19. The van der Waals surface area contributed by atoms with Crippen LogP contribution in [0.2, 0.25) is 0 Å². The Labute approximate surface area is 155 Å². The molecule has 0 aromatic heterocycles. The average Bonchev–Trinajstić information content (AvgIpc) is 3.08. The summed E-state index contributed by atoms with van der Waals surface area (Å²) in [5, 5.41) is 2.76. The SMILES string of the molecule is CSC1CCN(c2ccc(N3CCC[C@@H](NC(N)=O)C3=O)c(F)c2F)C1. The van der Waals surface area contributed by atoms with E-state index in [-0.39, 0.29) is 17.9 Å². The number of nitrogens with zero attached hydrogens (tertiary/aromatic N) is 2. The predicted octanol–water partition coefficient (Wildman–Crippen LogP) is 2.07. The number of carbonyl (C=O) groups excluding carboxylic acids is 2. The van der Waals surface area contributed by atoms with Crippen LogP contribution in [0.5, 0.6) is 0 Å². The second-order valence-electron chi connectivity index (χ2n) is 6.52. The molecule has 2 saturated heterocycles. The van der Waals surface area contributed by atoms with Crippen LogP contribution >= 0.6 is 11.8 Å². The summed E-state index contributed by atoms with van der Waals surface area (Å²) >= 11 is 1.72. The minimum Gasteiger partial charge on any atom is -0.368 e. The van der Waals surface area contributed by atoms with Gasteiger partial charge < -0.3 is 20.9 Å². The molecular weight excluding hydrogens is 362 g/mol. The number of hydrogen-bond acceptors (Lipinski definition) is 4. The number of amides is 3. The summed E-state index contributed by atoms with van der Waals surface area (Å²) in [7, 11) is 0. The third-order valence-corrected chi connectivity index (χ3v) is 5.96. The van der Waals surface area contributed by atoms with Gasteiger partial charge in [-0.3, -0.25) is 4.79 Å². The minimum atomic E-state index is -1.04. The van der Waals surface area contributed by atoms with Crippen molar-refractivity contribution in [1.29, 1.82) is 0 Å². The second-order valence-corrected chi connectivity index (χ2v) is 7.66. The Balaban J connectivity index is 1.84. The largest absolute Gasteiger partial charge is 0.368 e. The van der Waals surface area contributed by atoms with E-state index in [1.807, 2.05) is 11.2 Å². The maximum Gasteiger partial charge on any atom is 0.312 e. The van der Waals surface area contributed by atoms with E-state index in [1.165, 1.54) is 17.0 Å². The molecule has 2 atom stereocenters. The Morgan fingerprint density at radius 3 is 2.58 bits per heavy atom. The summed E-state index contributed by atoms with van der Waals surface area (Å²) in [4.78, 5) is 26.5. The van der Waals surface area contributed by atoms with E-state index in [2.05, 4.69) is 5.32 Å². The first-order chi connectivity index (χ1) is 12.4. The van der Waals surface area contributed by atoms with Gasteiger partial charge in [-0.2, -0.15) is 11.8 Å². The number of anilines is 2. The molecule has 0 bridgehead atoms. The maximum absolute atomic E-state index is 14.7. The first kappa shape index (κ1) is 18.8. The fourth-order valence-corrected chi connectivity index (χ4v) is 4.21. The molecule has 2 fully saturated rings. The first-order valence-electron chi connectivity index (χ1n) is 8.55. The minimum absolute atomic E-state index is 0.104. The number of nitrogens with one attached hydrogen (secondary N) is 1. The molecule has 0 saturated carbocycles. The molecule has 1 aromatic carbocycles. The summed E-state index contributed by atoms with van der Waals surface area (Å²) in [6.07, 6.45) is 3.91. The van der Waals surface area contributed by atoms with Crippen molar-refractivity contribution in [2.24, 2.45) is 5.73 Å². The number of carbonyl (C=O) groups is 2. The van der Waals surface area contributed by atoms with E-state index < -0.39 is 29.6 Å². The number of halogens is 2. The quantitative estimate of drug-likeness (QED) is 0.833. The second kappa shape index (κ2) is 7.69. The highest BCUT2D eigenvalue weighted by molar-refractivity contribution is 7.99. The number of benzene rings is 1. The molecule has 6 nitrogen and oxygen atoms in total. The molecular formula is C17H22F2N4O2S. The van der Waals surface area contributed by atoms with Gasteiger partial charge in [0.2, 0.25) is 5.91 Å². The van der Waals surface area contributed by atoms with Crippen LogP contribution in [-0.4, -0.2) is 49.1 Å². The van der Waals surface area contributed by atoms with Crippen LogP contribution in [0.15, 0.2) is 12.1 Å². The van der Waals surface area contributed by atoms with E-state index in [0.717, 1.165) is 6.42 Å². The van der Waals surface area contributed by atoms with Crippen LogP contribution in [0, 0.1) is 11.6 Å². The fraction of sp³-hybridized carbons (Fsp3) is 0.529. The van der Waals surface area contributed by atoms with Crippen molar-refractivity contribution < 1.29 is 18.4 Å². The Bertz CT molecular complexity index is 718. The predicted molar refractivity (Wildman–Crippen MR) is 98.6 cm³/mol. The van der Waals surface area contributed by atoms with Gasteiger partial charge in [0.1, 0.15) is 6.04 Å². The lowest BCUT2D eigenvalue weighted by molar-refractivity contribution is -0.121. The van der Waals surface area contributed by atoms with Crippen LogP contribution < -0.4 is 20.9 Å². The van der Waals surface area contributed by atoms with Gasteiger partial charge in [0, 0.05) is 24.9 Å². The van der Waals surface area contributed by atoms with Crippen LogP contribution in [-0.2, 0) is 4.79 Å². The Kier molecular flexibility index (Phi) is 5.55. The molecule has 9 heteroatoms. The van der Waals surface area contributed by atoms with Crippen molar-refractivity contribution in [2.75, 3.05) is 35.7 Å². The van der Waals surface area contributed by atoms with Gasteiger partial charge in [0.25, 0.3) is 0 Å². The zero-order chi connectivity index (χ0) is 18.8. The Morgan fingerprint density at radius 1 is 1.23 bits per heavy atom. The van der Waals surface area contributed by atoms with Crippen LogP contribution in [0.25, 0.3) is 0 Å². The fourth-order valence-electron chi connectivity index (χ4n) is 3.54. The zero-order valence-electron chi connectivity index (χ0n) is 14.5. The number of urea groups is 1. The van der Waals surface area contributed by atoms with Gasteiger partial charge in [-0.05, 0) is 37.7 Å². The highest BCUT2D eigenvalue weighted by Gasteiger charge is 2.33. The first-order valence-corrected chi connectivity index (χ1v) is 9.84. The van der Waals surface area contributed by atoms with E-state index >= 15 is 0 Å². The van der Waals surface area contributed by atoms with E-state index in [4.69, 9.17) is 5.73 Å². The molecule has 2 aliphatic rings. The molecule has 3 rings (SSSR count). The summed E-state index contributed by atoms with van der Waals surface area (Å²) in [5.74, 6) is -2.46. The number of thioether (sulfide) groups is 1. The summed E-state index contributed by atoms with van der Waals surface area (Å²) < 4.78 is 29.4. The molecule has 0 radical (unpaired) electrons. The Morgan fingerprint density at radius 2 is 1.92 bits per heavy atom. The molecule has 3 N–H and O–H groups in total. The van der Waals surface area contributed by atoms with Gasteiger partial charge in [-0.25, -0.2) is 13.6 Å². The van der Waals surface area contributed by atoms with E-state index in [9.17, 15) is 18.4 Å². The molecule has 26 heavy (non-hydrogen) atoms. The van der Waals surface area contributed by atoms with Gasteiger partial charge in [0.05, 0.1) is 11.4 Å². The maximum atomic E-state index is 14.7. The molecule has 0 aliphatic carbocycles. The van der Waals surface area contributed by atoms with Crippen LogP contribution in [0.1, 0.15) is 19.3 Å². The third kappa shape index (κ3) is 3.58. The van der Waals surface area contributed by atoms with Gasteiger partial charge in [-0.1, -0.05) is 0 Å². The standard InChI is InChI=1S/C17H22F2N4O2S/c1-26-10-6-8-22(9-10)12-4-5-13(15(19)14(12)18)23-7-2-3-11(16(23)24)21-17(20)25/h4-5,10-11H,2-3,6-9H2,1H3,(H3,20,21,25)/t10?,11-/m1/s1. The van der Waals surface area contributed by atoms with Crippen LogP contribution in [0.4, 0.5) is 25.0 Å². The number of hydrogen-bond donors (Lipinski definition) is 2. The molecule has 2 heterocycles. The van der Waals surface area contributed by atoms with Crippen LogP contribution in [0.3, 0.4) is 0 Å². The highest BCUT2D eigenvalue weighted by Crippen LogP contribution is 2.34. The zero-order valence-corrected chi connectivity index (χ0v) is 15.3. The lowest BCUT2D eigenvalue weighted by Crippen LogP contribution is -2.53. The molecule has 0 spiro atoms. The number of rotatable bonds is 4. The van der Waals surface area contributed by atoms with Crippen molar-refractivity contribution in [3.8, 4) is 0 Å². The van der Waals surface area contributed by atoms with Crippen molar-refractivity contribution in [2.45, 2.75) is 30.6 Å². The topological polar surface area (TPSA) is 78.7 Å². The highest BCUT2D eigenvalue weighted by atomic mass is 32.2. The van der Waals surface area contributed by atoms with Gasteiger partial charge in [0.15, 0.2) is 11.6 Å². The van der Waals surface area contributed by atoms with Crippen molar-refractivity contribution in [1.82, 2.24) is 5.32 Å². The average molecular weight is 384 g/mol. The molecule has 142 valence electrons. The summed E-state index contributed by atoms with van der Waals surface area (Å²) in [6, 6.07) is 1.33. The summed E-state index contributed by atoms with van der Waals surface area (Å²) in [6.45, 7) is 1.61. The third-order valence-electron chi connectivity index (χ3n) is 4.91. The van der Waals surface area contributed by atoms with E-state index in [1.54, 1.807) is 11.8 Å². The molecule has 1 aromatic rings. The smallest absolute Gasteiger partial charge is 0.312 e. The molecule has 1 unspecified atom stereocenters. The van der Waals surface area contributed by atoms with Gasteiger partial charge >= 0.3 is 6.03 Å². The van der Waals surface area contributed by atoms with Gasteiger partial charge in [-0.15, -0.1) is 0 Å². The number of nitrogens with two attached hydrogens (primary N) is 1. The lowest BCUT2D eigenvalue weighted by Gasteiger charge is -2.33. The Hall–Kier alpha value is -2.03. The molecule has 3 amide bonds.